The summed E-state index contributed by atoms with van der Waals surface area (Å²) in [5.74, 6) is 0. The maximum absolute atomic E-state index is 4.50. The van der Waals surface area contributed by atoms with E-state index in [4.69, 9.17) is 0 Å². The first-order valence-electron chi connectivity index (χ1n) is 4.82. The quantitative estimate of drug-likeness (QED) is 0.787. The average Bonchev–Trinajstić information content (AvgIpc) is 2.13. The van der Waals surface area contributed by atoms with Crippen LogP contribution in [0.1, 0.15) is 27.7 Å². The van der Waals surface area contributed by atoms with E-state index in [0.717, 1.165) is 0 Å². The minimum atomic E-state index is -1.51. The molecule has 0 unspecified atom stereocenters. The second-order valence-corrected chi connectivity index (χ2v) is 23.9. The topological polar surface area (TPSA) is 26.0 Å². The standard InChI is InChI=1S/4C2H5.CH5N.Hf/c5*1-2;/h4*1H2,2H3;2H2,1H3;. The van der Waals surface area contributed by atoms with E-state index in [1.54, 1.807) is 16.7 Å². The molecule has 1 nitrogen and oxygen atoms in total. The van der Waals surface area contributed by atoms with Gasteiger partial charge in [-0.2, -0.15) is 0 Å². The maximum atomic E-state index is 4.50. The van der Waals surface area contributed by atoms with Crippen LogP contribution in [0.25, 0.3) is 0 Å². The number of hydrogen-bond donors (Lipinski definition) is 1. The van der Waals surface area contributed by atoms with Gasteiger partial charge in [-0.05, 0) is 7.05 Å². The summed E-state index contributed by atoms with van der Waals surface area (Å²) in [6.07, 6.45) is 0. The second kappa shape index (κ2) is 8.92. The Morgan fingerprint density at radius 1 is 0.727 bits per heavy atom. The van der Waals surface area contributed by atoms with Crippen molar-refractivity contribution >= 4 is 0 Å². The van der Waals surface area contributed by atoms with E-state index < -0.39 is 20.0 Å². The van der Waals surface area contributed by atoms with Gasteiger partial charge in [0, 0.05) is 0 Å². The van der Waals surface area contributed by atoms with Crippen LogP contribution in [0, 0.1) is 0 Å². The Morgan fingerprint density at radius 3 is 0.909 bits per heavy atom. The van der Waals surface area contributed by atoms with Gasteiger partial charge in [-0.1, -0.05) is 0 Å². The minimum absolute atomic E-state index is 1.50. The van der Waals surface area contributed by atoms with Crippen molar-refractivity contribution in [2.45, 2.75) is 44.4 Å². The molecule has 0 aromatic carbocycles. The Morgan fingerprint density at radius 2 is 0.909 bits per heavy atom. The van der Waals surface area contributed by atoms with Gasteiger partial charge in [0.25, 0.3) is 0 Å². The van der Waals surface area contributed by atoms with Crippen molar-refractivity contribution in [1.82, 2.24) is 0 Å². The van der Waals surface area contributed by atoms with Crippen molar-refractivity contribution in [2.24, 2.45) is 5.73 Å². The van der Waals surface area contributed by atoms with Crippen molar-refractivity contribution < 1.29 is 20.0 Å². The van der Waals surface area contributed by atoms with Gasteiger partial charge in [-0.15, -0.1) is 0 Å². The Bertz CT molecular complexity index is 52.5. The summed E-state index contributed by atoms with van der Waals surface area (Å²) >= 11 is -1.51. The summed E-state index contributed by atoms with van der Waals surface area (Å²) in [6.45, 7) is 9.60. The molecule has 0 fully saturated rings. The van der Waals surface area contributed by atoms with Crippen molar-refractivity contribution in [3.8, 4) is 0 Å². The zero-order chi connectivity index (χ0) is 9.33. The van der Waals surface area contributed by atoms with Crippen LogP contribution >= 0.6 is 0 Å². The number of hydrogen-bond acceptors (Lipinski definition) is 1. The molecule has 0 aliphatic rings. The van der Waals surface area contributed by atoms with Gasteiger partial charge >= 0.3 is 64.4 Å². The van der Waals surface area contributed by atoms with E-state index >= 15 is 0 Å². The van der Waals surface area contributed by atoms with Crippen molar-refractivity contribution in [3.05, 3.63) is 0 Å². The molecule has 2 heteroatoms. The van der Waals surface area contributed by atoms with Crippen LogP contribution in [-0.2, 0) is 20.0 Å². The third-order valence-electron chi connectivity index (χ3n) is 3.00. The molecule has 0 bridgehead atoms. The molecule has 0 aliphatic heterocycles. The van der Waals surface area contributed by atoms with E-state index in [1.165, 1.54) is 7.05 Å². The van der Waals surface area contributed by atoms with Crippen molar-refractivity contribution in [3.63, 3.8) is 0 Å². The predicted molar refractivity (Wildman–Crippen MR) is 52.0 cm³/mol. The van der Waals surface area contributed by atoms with Crippen LogP contribution in [0.5, 0.6) is 0 Å². The van der Waals surface area contributed by atoms with Gasteiger partial charge in [0.15, 0.2) is 0 Å². The molecule has 0 atom stereocenters. The molecule has 2 N–H and O–H groups in total. The summed E-state index contributed by atoms with van der Waals surface area (Å²) < 4.78 is 6.26. The van der Waals surface area contributed by atoms with Crippen molar-refractivity contribution in [1.29, 1.82) is 0 Å². The third-order valence-corrected chi connectivity index (χ3v) is 24.6. The molecular weight excluding hydrogens is 301 g/mol. The third kappa shape index (κ3) is 5.13. The fourth-order valence-corrected chi connectivity index (χ4v) is 12.3. The number of nitrogens with two attached hydrogens (primary N) is 1. The summed E-state index contributed by atoms with van der Waals surface area (Å²) in [5, 5.41) is 0. The van der Waals surface area contributed by atoms with E-state index in [1.807, 2.05) is 0 Å². The SMILES string of the molecule is CN.C[CH2][Hf]([CH2]C)([CH2]C)[CH2]C. The first-order valence-corrected chi connectivity index (χ1v) is 15.0. The van der Waals surface area contributed by atoms with Crippen LogP contribution in [-0.4, -0.2) is 7.05 Å². The molecule has 0 aromatic heterocycles. The van der Waals surface area contributed by atoms with Gasteiger partial charge in [-0.3, -0.25) is 0 Å². The molecule has 0 aromatic rings. The van der Waals surface area contributed by atoms with Crippen molar-refractivity contribution in [2.75, 3.05) is 7.05 Å². The van der Waals surface area contributed by atoms with Crippen LogP contribution < -0.4 is 5.73 Å². The van der Waals surface area contributed by atoms with Gasteiger partial charge in [0.05, 0.1) is 0 Å². The fraction of sp³-hybridized carbons (Fsp3) is 1.00. The predicted octanol–water partition coefficient (Wildman–Crippen LogP) is 3.47. The molecule has 0 amide bonds. The van der Waals surface area contributed by atoms with E-state index in [9.17, 15) is 0 Å². The van der Waals surface area contributed by atoms with Gasteiger partial charge in [-0.25, -0.2) is 0 Å². The molecule has 0 spiro atoms. The normalized spacial score (nSPS) is 10.4. The Balaban J connectivity index is 0. The Hall–Kier alpha value is 0.830. The van der Waals surface area contributed by atoms with Crippen LogP contribution in [0.4, 0.5) is 0 Å². The van der Waals surface area contributed by atoms with Gasteiger partial charge in [0.2, 0.25) is 0 Å². The molecule has 0 saturated carbocycles. The first kappa shape index (κ1) is 14.4. The molecular formula is C9H25HfN. The molecule has 0 saturated heterocycles. The summed E-state index contributed by atoms with van der Waals surface area (Å²) in [7, 11) is 1.50. The van der Waals surface area contributed by atoms with E-state index in [-0.39, 0.29) is 0 Å². The molecule has 0 rings (SSSR count). The Labute approximate surface area is 77.1 Å². The molecule has 70 valence electrons. The summed E-state index contributed by atoms with van der Waals surface area (Å²) in [4.78, 5) is 0. The molecule has 0 heterocycles. The average molecular weight is 326 g/mol. The zero-order valence-corrected chi connectivity index (χ0v) is 12.5. The van der Waals surface area contributed by atoms with Crippen LogP contribution in [0.15, 0.2) is 0 Å². The van der Waals surface area contributed by atoms with Crippen LogP contribution in [0.2, 0.25) is 16.7 Å². The first-order chi connectivity index (χ1) is 5.24. The van der Waals surface area contributed by atoms with E-state index in [0.29, 0.717) is 0 Å². The number of rotatable bonds is 4. The van der Waals surface area contributed by atoms with Crippen LogP contribution in [0.3, 0.4) is 0 Å². The second-order valence-electron chi connectivity index (χ2n) is 2.91. The fourth-order valence-electron chi connectivity index (χ4n) is 1.50. The van der Waals surface area contributed by atoms with Gasteiger partial charge in [0.1, 0.15) is 0 Å². The zero-order valence-electron chi connectivity index (χ0n) is 8.91. The molecule has 11 heavy (non-hydrogen) atoms. The monoisotopic (exact) mass is 327 g/mol. The summed E-state index contributed by atoms with van der Waals surface area (Å²) in [6, 6.07) is 0. The van der Waals surface area contributed by atoms with E-state index in [2.05, 4.69) is 33.4 Å². The van der Waals surface area contributed by atoms with Gasteiger partial charge < -0.3 is 5.73 Å². The summed E-state index contributed by atoms with van der Waals surface area (Å²) in [5.41, 5.74) is 4.50. The Kier molecular flexibility index (Phi) is 11.6. The molecule has 0 radical (unpaired) electrons. The molecule has 0 aliphatic carbocycles.